The summed E-state index contributed by atoms with van der Waals surface area (Å²) < 4.78 is 37.2. The highest BCUT2D eigenvalue weighted by molar-refractivity contribution is 5.84. The summed E-state index contributed by atoms with van der Waals surface area (Å²) in [5.74, 6) is -0.237. The van der Waals surface area contributed by atoms with Crippen molar-refractivity contribution >= 4 is 11.9 Å². The van der Waals surface area contributed by atoms with Crippen LogP contribution in [0.25, 0.3) is 0 Å². The maximum atomic E-state index is 12.4. The number of carbonyl (C=O) groups excluding carboxylic acids is 1. The van der Waals surface area contributed by atoms with Gasteiger partial charge in [0.15, 0.2) is 5.96 Å². The van der Waals surface area contributed by atoms with Crippen LogP contribution in [0.15, 0.2) is 35.3 Å². The van der Waals surface area contributed by atoms with Gasteiger partial charge in [0.05, 0.1) is 0 Å². The van der Waals surface area contributed by atoms with E-state index in [1.807, 2.05) is 25.1 Å². The third-order valence-corrected chi connectivity index (χ3v) is 4.79. The van der Waals surface area contributed by atoms with Crippen LogP contribution in [-0.4, -0.2) is 73.7 Å². The van der Waals surface area contributed by atoms with E-state index in [0.29, 0.717) is 30.0 Å². The molecule has 2 rings (SSSR count). The van der Waals surface area contributed by atoms with Crippen LogP contribution < -0.4 is 10.6 Å². The molecule has 1 heterocycles. The number of amides is 1. The maximum Gasteiger partial charge on any atom is 0.406 e. The van der Waals surface area contributed by atoms with Crippen molar-refractivity contribution in [3.05, 3.63) is 35.9 Å². The number of nitrogens with zero attached hydrogens (tertiary/aromatic N) is 3. The Morgan fingerprint density at radius 3 is 2.66 bits per heavy atom. The lowest BCUT2D eigenvalue weighted by atomic mass is 10.2. The van der Waals surface area contributed by atoms with Crippen molar-refractivity contribution in [2.75, 3.05) is 39.8 Å². The van der Waals surface area contributed by atoms with Crippen LogP contribution in [0.1, 0.15) is 25.3 Å². The highest BCUT2D eigenvalue weighted by Gasteiger charge is 2.31. The summed E-state index contributed by atoms with van der Waals surface area (Å²) in [7, 11) is 1.13. The number of likely N-dealkylation sites (N-methyl/N-ethyl adjacent to an activating group) is 1. The van der Waals surface area contributed by atoms with Gasteiger partial charge >= 0.3 is 6.18 Å². The number of halogens is 3. The fourth-order valence-corrected chi connectivity index (χ4v) is 3.33. The summed E-state index contributed by atoms with van der Waals surface area (Å²) >= 11 is 0. The maximum absolute atomic E-state index is 12.4. The van der Waals surface area contributed by atoms with E-state index in [2.05, 4.69) is 32.7 Å². The first-order chi connectivity index (χ1) is 13.8. The number of rotatable bonds is 8. The number of guanidine groups is 1. The molecule has 162 valence electrons. The van der Waals surface area contributed by atoms with Crippen LogP contribution in [0, 0.1) is 0 Å². The average Bonchev–Trinajstić information content (AvgIpc) is 3.10. The zero-order valence-corrected chi connectivity index (χ0v) is 17.0. The van der Waals surface area contributed by atoms with Crippen LogP contribution in [0.5, 0.6) is 0 Å². The van der Waals surface area contributed by atoms with Crippen LogP contribution in [-0.2, 0) is 11.3 Å². The number of hydrogen-bond acceptors (Lipinski definition) is 3. The molecule has 1 atom stereocenters. The van der Waals surface area contributed by atoms with Gasteiger partial charge in [0.1, 0.15) is 13.1 Å². The summed E-state index contributed by atoms with van der Waals surface area (Å²) in [5, 5.41) is 6.27. The summed E-state index contributed by atoms with van der Waals surface area (Å²) in [5.41, 5.74) is 1.26. The van der Waals surface area contributed by atoms with Gasteiger partial charge in [0.25, 0.3) is 0 Å². The Morgan fingerprint density at radius 2 is 2.00 bits per heavy atom. The van der Waals surface area contributed by atoms with Crippen molar-refractivity contribution < 1.29 is 18.0 Å². The molecule has 1 aromatic carbocycles. The van der Waals surface area contributed by atoms with Gasteiger partial charge in [-0.2, -0.15) is 13.2 Å². The molecule has 9 heteroatoms. The molecule has 1 fully saturated rings. The molecule has 1 amide bonds. The van der Waals surface area contributed by atoms with Crippen molar-refractivity contribution in [2.24, 2.45) is 4.99 Å². The van der Waals surface area contributed by atoms with E-state index >= 15 is 0 Å². The predicted molar refractivity (Wildman–Crippen MR) is 108 cm³/mol. The molecule has 1 aliphatic rings. The van der Waals surface area contributed by atoms with E-state index < -0.39 is 18.6 Å². The number of alkyl halides is 3. The Hall–Kier alpha value is -2.29. The minimum Gasteiger partial charge on any atom is -0.357 e. The number of likely N-dealkylation sites (tertiary alicyclic amines) is 1. The van der Waals surface area contributed by atoms with Crippen molar-refractivity contribution in [2.45, 2.75) is 38.5 Å². The molecule has 0 aromatic heterocycles. The molecular formula is C20H30F3N5O. The van der Waals surface area contributed by atoms with E-state index in [0.717, 1.165) is 33.0 Å². The van der Waals surface area contributed by atoms with Gasteiger partial charge in [-0.25, -0.2) is 4.99 Å². The number of carbonyl (C=O) groups is 1. The first-order valence-electron chi connectivity index (χ1n) is 9.89. The Kier molecular flexibility index (Phi) is 8.75. The van der Waals surface area contributed by atoms with Crippen molar-refractivity contribution in [1.82, 2.24) is 20.4 Å². The molecule has 1 unspecified atom stereocenters. The predicted octanol–water partition coefficient (Wildman–Crippen LogP) is 2.23. The molecular weight excluding hydrogens is 383 g/mol. The molecule has 0 aliphatic carbocycles. The molecule has 1 saturated heterocycles. The van der Waals surface area contributed by atoms with Gasteiger partial charge < -0.3 is 15.5 Å². The Morgan fingerprint density at radius 1 is 1.28 bits per heavy atom. The molecule has 2 N–H and O–H groups in total. The molecule has 29 heavy (non-hydrogen) atoms. The zero-order chi connectivity index (χ0) is 21.3. The number of benzene rings is 1. The standard InChI is InChI=1S/C20H30F3N5O/c1-3-24-19(26-13-18(29)27(2)15-20(21,22)23)25-12-17-10-7-11-28(17)14-16-8-5-4-6-9-16/h4-6,8-9,17H,3,7,10-15H2,1-2H3,(H2,24,25,26). The van der Waals surface area contributed by atoms with Gasteiger partial charge in [0.2, 0.25) is 5.91 Å². The molecule has 0 bridgehead atoms. The van der Waals surface area contributed by atoms with E-state index in [4.69, 9.17) is 0 Å². The second-order valence-electron chi connectivity index (χ2n) is 7.19. The normalized spacial score (nSPS) is 18.0. The van der Waals surface area contributed by atoms with Gasteiger partial charge in [-0.05, 0) is 31.9 Å². The second kappa shape index (κ2) is 11.0. The van der Waals surface area contributed by atoms with E-state index in [1.54, 1.807) is 0 Å². The molecule has 1 aliphatic heterocycles. The molecule has 1 aromatic rings. The Bertz CT molecular complexity index is 666. The third-order valence-electron chi connectivity index (χ3n) is 4.79. The highest BCUT2D eigenvalue weighted by atomic mass is 19.4. The summed E-state index contributed by atoms with van der Waals surface area (Å²) in [4.78, 5) is 19.1. The third kappa shape index (κ3) is 8.31. The zero-order valence-electron chi connectivity index (χ0n) is 17.0. The molecule has 0 radical (unpaired) electrons. The first-order valence-corrected chi connectivity index (χ1v) is 9.89. The van der Waals surface area contributed by atoms with Gasteiger partial charge in [-0.1, -0.05) is 30.3 Å². The fraction of sp³-hybridized carbons (Fsp3) is 0.600. The lowest BCUT2D eigenvalue weighted by Gasteiger charge is -2.25. The number of aliphatic imine (C=N–C) groups is 1. The van der Waals surface area contributed by atoms with Crippen molar-refractivity contribution in [3.8, 4) is 0 Å². The molecule has 0 saturated carbocycles. The van der Waals surface area contributed by atoms with Crippen LogP contribution in [0.3, 0.4) is 0 Å². The van der Waals surface area contributed by atoms with E-state index in [1.165, 1.54) is 5.56 Å². The summed E-state index contributed by atoms with van der Waals surface area (Å²) in [6.45, 7) is 3.44. The fourth-order valence-electron chi connectivity index (χ4n) is 3.33. The first kappa shape index (κ1) is 23.0. The van der Waals surface area contributed by atoms with Gasteiger partial charge in [-0.15, -0.1) is 0 Å². The van der Waals surface area contributed by atoms with Gasteiger partial charge in [0, 0.05) is 32.7 Å². The van der Waals surface area contributed by atoms with Crippen molar-refractivity contribution in [1.29, 1.82) is 0 Å². The smallest absolute Gasteiger partial charge is 0.357 e. The minimum absolute atomic E-state index is 0.333. The summed E-state index contributed by atoms with van der Waals surface area (Å²) in [6.07, 6.45) is -2.23. The topological polar surface area (TPSA) is 60.0 Å². The highest BCUT2D eigenvalue weighted by Crippen LogP contribution is 2.19. The van der Waals surface area contributed by atoms with Gasteiger partial charge in [-0.3, -0.25) is 9.69 Å². The second-order valence-corrected chi connectivity index (χ2v) is 7.19. The average molecular weight is 413 g/mol. The van der Waals surface area contributed by atoms with Crippen LogP contribution in [0.2, 0.25) is 0 Å². The largest absolute Gasteiger partial charge is 0.406 e. The monoisotopic (exact) mass is 413 g/mol. The quantitative estimate of drug-likeness (QED) is 0.507. The van der Waals surface area contributed by atoms with E-state index in [9.17, 15) is 18.0 Å². The lowest BCUT2D eigenvalue weighted by Crippen LogP contribution is -2.45. The van der Waals surface area contributed by atoms with Crippen LogP contribution >= 0.6 is 0 Å². The van der Waals surface area contributed by atoms with Crippen molar-refractivity contribution in [3.63, 3.8) is 0 Å². The van der Waals surface area contributed by atoms with Crippen LogP contribution in [0.4, 0.5) is 13.2 Å². The lowest BCUT2D eigenvalue weighted by molar-refractivity contribution is -0.157. The minimum atomic E-state index is -4.42. The SMILES string of the molecule is CCNC(=NCC(=O)N(C)CC(F)(F)F)NCC1CCCN1Cc1ccccc1. The summed E-state index contributed by atoms with van der Waals surface area (Å²) in [6, 6.07) is 10.6. The molecule has 0 spiro atoms. The number of hydrogen-bond donors (Lipinski definition) is 2. The van der Waals surface area contributed by atoms with E-state index in [-0.39, 0.29) is 6.54 Å². The Balaban J connectivity index is 1.87. The Labute approximate surface area is 170 Å². The molecule has 6 nitrogen and oxygen atoms in total. The number of nitrogens with one attached hydrogen (secondary N) is 2.